The van der Waals surface area contributed by atoms with Crippen molar-refractivity contribution < 1.29 is 24.2 Å². The first kappa shape index (κ1) is 19.2. The van der Waals surface area contributed by atoms with Crippen molar-refractivity contribution in [2.45, 2.75) is 12.6 Å². The van der Waals surface area contributed by atoms with Crippen LogP contribution in [-0.4, -0.2) is 44.3 Å². The molecule has 1 unspecified atom stereocenters. The maximum atomic E-state index is 14.9. The van der Waals surface area contributed by atoms with Crippen molar-refractivity contribution >= 4 is 44.8 Å². The number of aromatic nitrogens is 2. The molecule has 0 radical (unpaired) electrons. The second-order valence-corrected chi connectivity index (χ2v) is 7.45. The number of carbonyl (C=O) groups is 2. The maximum absolute atomic E-state index is 14.9. The summed E-state index contributed by atoms with van der Waals surface area (Å²) in [5.74, 6) is -1.73. The van der Waals surface area contributed by atoms with Crippen molar-refractivity contribution in [3.05, 3.63) is 71.8 Å². The molecular formula is C23H18FN3O4. The predicted molar refractivity (Wildman–Crippen MR) is 113 cm³/mol. The number of para-hydroxylation sites is 1. The zero-order valence-corrected chi connectivity index (χ0v) is 16.2. The molecule has 31 heavy (non-hydrogen) atoms. The average molecular weight is 419 g/mol. The van der Waals surface area contributed by atoms with E-state index < -0.39 is 30.3 Å². The highest BCUT2D eigenvalue weighted by molar-refractivity contribution is 6.50. The number of aromatic amines is 1. The summed E-state index contributed by atoms with van der Waals surface area (Å²) in [7, 11) is 0. The van der Waals surface area contributed by atoms with Crippen LogP contribution in [0, 0.1) is 5.82 Å². The zero-order chi connectivity index (χ0) is 21.7. The van der Waals surface area contributed by atoms with Crippen molar-refractivity contribution in [3.8, 4) is 0 Å². The van der Waals surface area contributed by atoms with Crippen molar-refractivity contribution in [2.24, 2.45) is 0 Å². The summed E-state index contributed by atoms with van der Waals surface area (Å²) in [6, 6.07) is 11.8. The molecule has 1 aliphatic heterocycles. The molecule has 0 bridgehead atoms. The molecule has 0 fully saturated rings. The van der Waals surface area contributed by atoms with Crippen LogP contribution < -0.4 is 5.32 Å². The normalized spacial score (nSPS) is 15.3. The Hall–Kier alpha value is -3.75. The number of aliphatic hydroxyl groups excluding tert-OH is 2. The molecule has 0 spiro atoms. The highest BCUT2D eigenvalue weighted by Gasteiger charge is 2.35. The van der Waals surface area contributed by atoms with Crippen LogP contribution in [0.2, 0.25) is 0 Å². The Labute approximate surface area is 175 Å². The molecule has 7 nitrogen and oxygen atoms in total. The number of rotatable bonds is 5. The molecule has 4 N–H and O–H groups in total. The second kappa shape index (κ2) is 7.19. The Morgan fingerprint density at radius 2 is 1.74 bits per heavy atom. The molecule has 0 saturated heterocycles. The van der Waals surface area contributed by atoms with E-state index in [-0.39, 0.29) is 28.6 Å². The third-order valence-corrected chi connectivity index (χ3v) is 5.53. The Morgan fingerprint density at radius 3 is 2.52 bits per heavy atom. The fourth-order valence-corrected chi connectivity index (χ4v) is 4.18. The lowest BCUT2D eigenvalue weighted by molar-refractivity contribution is -0.122. The maximum Gasteiger partial charge on any atom is 0.259 e. The van der Waals surface area contributed by atoms with Gasteiger partial charge in [0.25, 0.3) is 11.8 Å². The molecule has 0 saturated carbocycles. The first-order chi connectivity index (χ1) is 15.0. The number of halogens is 1. The van der Waals surface area contributed by atoms with Crippen LogP contribution in [0.1, 0.15) is 11.1 Å². The summed E-state index contributed by atoms with van der Waals surface area (Å²) in [5.41, 5.74) is 2.27. The lowest BCUT2D eigenvalue weighted by atomic mass is 9.95. The number of carbonyl (C=O) groups excluding carboxylic acids is 2. The van der Waals surface area contributed by atoms with Crippen molar-refractivity contribution in [1.82, 2.24) is 14.9 Å². The quantitative estimate of drug-likeness (QED) is 0.372. The Bertz CT molecular complexity index is 1400. The smallest absolute Gasteiger partial charge is 0.259 e. The van der Waals surface area contributed by atoms with Gasteiger partial charge in [0.05, 0.1) is 35.9 Å². The molecule has 5 rings (SSSR count). The van der Waals surface area contributed by atoms with Gasteiger partial charge in [0.15, 0.2) is 0 Å². The topological polar surface area (TPSA) is 107 Å². The number of nitrogens with zero attached hydrogens (tertiary/aromatic N) is 1. The number of hydrogen-bond donors (Lipinski definition) is 4. The molecule has 2 aromatic heterocycles. The lowest BCUT2D eigenvalue weighted by Crippen LogP contribution is -2.22. The molecule has 2 aromatic carbocycles. The summed E-state index contributed by atoms with van der Waals surface area (Å²) >= 11 is 0. The number of hydrogen-bond acceptors (Lipinski definition) is 4. The van der Waals surface area contributed by atoms with Crippen LogP contribution in [0.15, 0.2) is 54.9 Å². The number of amides is 2. The number of benzene rings is 2. The van der Waals surface area contributed by atoms with Gasteiger partial charge < -0.3 is 19.8 Å². The van der Waals surface area contributed by atoms with Gasteiger partial charge in [-0.15, -0.1) is 0 Å². The summed E-state index contributed by atoms with van der Waals surface area (Å²) in [6.07, 6.45) is 2.13. The predicted octanol–water partition coefficient (Wildman–Crippen LogP) is 2.18. The number of H-pyrrole nitrogens is 1. The molecule has 4 aromatic rings. The van der Waals surface area contributed by atoms with Gasteiger partial charge in [-0.05, 0) is 18.2 Å². The third kappa shape index (κ3) is 2.96. The largest absolute Gasteiger partial charge is 0.394 e. The fraction of sp³-hybridized carbons (Fsp3) is 0.130. The van der Waals surface area contributed by atoms with Crippen LogP contribution >= 0.6 is 0 Å². The SMILES string of the molecule is O=C1NC(=O)C(c2cn(CC(O)CO)c3cccc(F)c23)=C1c1c[nH]c2ccccc12. The van der Waals surface area contributed by atoms with Gasteiger partial charge in [-0.1, -0.05) is 24.3 Å². The van der Waals surface area contributed by atoms with Gasteiger partial charge >= 0.3 is 0 Å². The molecule has 1 atom stereocenters. The zero-order valence-electron chi connectivity index (χ0n) is 16.2. The Morgan fingerprint density at radius 1 is 1.00 bits per heavy atom. The minimum Gasteiger partial charge on any atom is -0.394 e. The first-order valence-electron chi connectivity index (χ1n) is 9.72. The van der Waals surface area contributed by atoms with E-state index in [1.54, 1.807) is 16.8 Å². The van der Waals surface area contributed by atoms with Crippen molar-refractivity contribution in [1.29, 1.82) is 0 Å². The van der Waals surface area contributed by atoms with Gasteiger partial charge in [0, 0.05) is 39.8 Å². The summed E-state index contributed by atoms with van der Waals surface area (Å²) in [4.78, 5) is 28.7. The average Bonchev–Trinajstić information content (AvgIpc) is 3.42. The van der Waals surface area contributed by atoms with E-state index in [2.05, 4.69) is 10.3 Å². The molecular weight excluding hydrogens is 401 g/mol. The van der Waals surface area contributed by atoms with Crippen molar-refractivity contribution in [3.63, 3.8) is 0 Å². The van der Waals surface area contributed by atoms with E-state index in [4.69, 9.17) is 0 Å². The molecule has 2 amide bonds. The summed E-state index contributed by atoms with van der Waals surface area (Å²) in [6.45, 7) is -0.464. The van der Waals surface area contributed by atoms with Crippen LogP contribution in [-0.2, 0) is 16.1 Å². The van der Waals surface area contributed by atoms with E-state index in [0.717, 1.165) is 10.9 Å². The lowest BCUT2D eigenvalue weighted by Gasteiger charge is -2.09. The molecule has 0 aliphatic carbocycles. The number of nitrogens with one attached hydrogen (secondary N) is 2. The standard InChI is InChI=1S/C23H18FN3O4/c24-16-5-3-7-18-19(16)15(10-27(18)9-12(29)11-28)21-20(22(30)26-23(21)31)14-8-25-17-6-2-1-4-13(14)17/h1-8,10,12,25,28-29H,9,11H2,(H,26,30,31). The van der Waals surface area contributed by atoms with Crippen LogP contribution in [0.3, 0.4) is 0 Å². The Balaban J connectivity index is 1.81. The minimum absolute atomic E-state index is 0.00170. The van der Waals surface area contributed by atoms with E-state index >= 15 is 0 Å². The van der Waals surface area contributed by atoms with Gasteiger partial charge in [0.2, 0.25) is 0 Å². The summed E-state index contributed by atoms with van der Waals surface area (Å²) < 4.78 is 16.5. The monoisotopic (exact) mass is 419 g/mol. The van der Waals surface area contributed by atoms with Gasteiger partial charge in [0.1, 0.15) is 5.82 Å². The van der Waals surface area contributed by atoms with E-state index in [1.165, 1.54) is 18.3 Å². The molecule has 1 aliphatic rings. The van der Waals surface area contributed by atoms with Gasteiger partial charge in [-0.3, -0.25) is 14.9 Å². The highest BCUT2D eigenvalue weighted by atomic mass is 19.1. The van der Waals surface area contributed by atoms with Crippen LogP contribution in [0.5, 0.6) is 0 Å². The number of fused-ring (bicyclic) bond motifs is 2. The van der Waals surface area contributed by atoms with Gasteiger partial charge in [-0.25, -0.2) is 4.39 Å². The Kier molecular flexibility index (Phi) is 4.46. The molecule has 3 heterocycles. The molecule has 156 valence electrons. The highest BCUT2D eigenvalue weighted by Crippen LogP contribution is 2.39. The number of aliphatic hydroxyl groups is 2. The van der Waals surface area contributed by atoms with Crippen molar-refractivity contribution in [2.75, 3.05) is 6.61 Å². The van der Waals surface area contributed by atoms with Crippen LogP contribution in [0.4, 0.5) is 4.39 Å². The minimum atomic E-state index is -1.06. The van der Waals surface area contributed by atoms with Crippen LogP contribution in [0.25, 0.3) is 33.0 Å². The van der Waals surface area contributed by atoms with E-state index in [1.807, 2.05) is 24.3 Å². The summed E-state index contributed by atoms with van der Waals surface area (Å²) in [5, 5.41) is 22.4. The first-order valence-corrected chi connectivity index (χ1v) is 9.72. The number of imide groups is 1. The van der Waals surface area contributed by atoms with E-state index in [0.29, 0.717) is 11.1 Å². The second-order valence-electron chi connectivity index (χ2n) is 7.45. The third-order valence-electron chi connectivity index (χ3n) is 5.53. The molecule has 8 heteroatoms. The van der Waals surface area contributed by atoms with E-state index in [9.17, 15) is 24.2 Å². The van der Waals surface area contributed by atoms with Gasteiger partial charge in [-0.2, -0.15) is 0 Å². The fourth-order valence-electron chi connectivity index (χ4n) is 4.18.